The van der Waals surface area contributed by atoms with E-state index in [9.17, 15) is 29.1 Å². The van der Waals surface area contributed by atoms with Gasteiger partial charge in [0.1, 0.15) is 23.3 Å². The van der Waals surface area contributed by atoms with Crippen molar-refractivity contribution in [1.82, 2.24) is 20.5 Å². The van der Waals surface area contributed by atoms with Crippen LogP contribution in [0.1, 0.15) is 61.9 Å². The fraction of sp³-hybridized carbons (Fsp3) is 0.567. The zero-order valence-electron chi connectivity index (χ0n) is 23.1. The molecular weight excluding hydrogens is 528 g/mol. The molecule has 4 fully saturated rings. The molecule has 0 radical (unpaired) electrons. The van der Waals surface area contributed by atoms with Crippen LogP contribution in [0.3, 0.4) is 0 Å². The number of hydrogen-bond acceptors (Lipinski definition) is 7. The summed E-state index contributed by atoms with van der Waals surface area (Å²) in [6.45, 7) is 0.419. The monoisotopic (exact) mass is 564 g/mol. The molecule has 11 nitrogen and oxygen atoms in total. The Balaban J connectivity index is 1.25. The SMILES string of the molecule is COc1cccc2[nH]c(C(=O)N3CC4CCCC4C3C(=O)NC(CC3CC(O)CC3=O)C(=O)C(=O)NC3CC3)cc12. The third-order valence-corrected chi connectivity index (χ3v) is 9.23. The number of aromatic amines is 1. The third kappa shape index (κ3) is 5.35. The highest BCUT2D eigenvalue weighted by Crippen LogP contribution is 2.43. The van der Waals surface area contributed by atoms with Crippen molar-refractivity contribution in [1.29, 1.82) is 0 Å². The highest BCUT2D eigenvalue weighted by molar-refractivity contribution is 6.38. The topological polar surface area (TPSA) is 158 Å². The molecule has 0 spiro atoms. The Labute approximate surface area is 237 Å². The lowest BCUT2D eigenvalue weighted by Crippen LogP contribution is -2.55. The van der Waals surface area contributed by atoms with Gasteiger partial charge in [-0.1, -0.05) is 12.5 Å². The molecule has 4 N–H and O–H groups in total. The molecule has 2 heterocycles. The first kappa shape index (κ1) is 27.4. The number of ketones is 2. The maximum Gasteiger partial charge on any atom is 0.289 e. The number of aromatic nitrogens is 1. The molecule has 41 heavy (non-hydrogen) atoms. The van der Waals surface area contributed by atoms with Gasteiger partial charge in [0.25, 0.3) is 11.8 Å². The van der Waals surface area contributed by atoms with Crippen LogP contribution >= 0.6 is 0 Å². The summed E-state index contributed by atoms with van der Waals surface area (Å²) < 4.78 is 5.43. The van der Waals surface area contributed by atoms with Gasteiger partial charge in [-0.25, -0.2) is 0 Å². The van der Waals surface area contributed by atoms with Crippen LogP contribution in [-0.2, 0) is 19.2 Å². The highest BCUT2D eigenvalue weighted by Gasteiger charge is 2.50. The van der Waals surface area contributed by atoms with E-state index < -0.39 is 41.7 Å². The number of fused-ring (bicyclic) bond motifs is 2. The van der Waals surface area contributed by atoms with Gasteiger partial charge >= 0.3 is 0 Å². The lowest BCUT2D eigenvalue weighted by Gasteiger charge is -2.29. The molecule has 0 bridgehead atoms. The van der Waals surface area contributed by atoms with Crippen molar-refractivity contribution in [3.05, 3.63) is 30.0 Å². The summed E-state index contributed by atoms with van der Waals surface area (Å²) >= 11 is 0. The summed E-state index contributed by atoms with van der Waals surface area (Å²) in [7, 11) is 1.56. The van der Waals surface area contributed by atoms with Gasteiger partial charge in [0.2, 0.25) is 11.7 Å². The second kappa shape index (κ2) is 10.9. The number of H-pyrrole nitrogens is 1. The van der Waals surface area contributed by atoms with E-state index >= 15 is 0 Å². The van der Waals surface area contributed by atoms with Crippen LogP contribution in [0.4, 0.5) is 0 Å². The molecule has 1 aromatic carbocycles. The predicted octanol–water partition coefficient (Wildman–Crippen LogP) is 1.48. The first-order valence-corrected chi connectivity index (χ1v) is 14.6. The number of hydrogen-bond donors (Lipinski definition) is 4. The minimum Gasteiger partial charge on any atom is -0.496 e. The molecule has 2 aromatic rings. The fourth-order valence-corrected chi connectivity index (χ4v) is 7.01. The van der Waals surface area contributed by atoms with Gasteiger partial charge in [-0.05, 0) is 68.6 Å². The Kier molecular flexibility index (Phi) is 7.31. The molecule has 3 aliphatic carbocycles. The van der Waals surface area contributed by atoms with Gasteiger partial charge in [0.05, 0.1) is 19.3 Å². The lowest BCUT2D eigenvalue weighted by molar-refractivity contribution is -0.141. The van der Waals surface area contributed by atoms with Crippen molar-refractivity contribution in [2.24, 2.45) is 17.8 Å². The van der Waals surface area contributed by atoms with E-state index in [1.165, 1.54) is 0 Å². The zero-order chi connectivity index (χ0) is 28.8. The molecule has 11 heteroatoms. The van der Waals surface area contributed by atoms with Crippen LogP contribution in [-0.4, -0.2) is 82.2 Å². The Hall–Kier alpha value is -3.73. The third-order valence-electron chi connectivity index (χ3n) is 9.23. The van der Waals surface area contributed by atoms with Gasteiger partial charge in [-0.2, -0.15) is 0 Å². The predicted molar refractivity (Wildman–Crippen MR) is 147 cm³/mol. The van der Waals surface area contributed by atoms with E-state index in [2.05, 4.69) is 15.6 Å². The summed E-state index contributed by atoms with van der Waals surface area (Å²) in [5.74, 6) is -2.50. The number of ether oxygens (including phenoxy) is 1. The second-order valence-corrected chi connectivity index (χ2v) is 12.0. The smallest absolute Gasteiger partial charge is 0.289 e. The summed E-state index contributed by atoms with van der Waals surface area (Å²) in [5.41, 5.74) is 1.08. The van der Waals surface area contributed by atoms with Crippen LogP contribution in [0.5, 0.6) is 5.75 Å². The van der Waals surface area contributed by atoms with Crippen LogP contribution in [0.2, 0.25) is 0 Å². The van der Waals surface area contributed by atoms with Crippen molar-refractivity contribution < 1.29 is 33.8 Å². The van der Waals surface area contributed by atoms with Crippen LogP contribution in [0, 0.1) is 17.8 Å². The largest absolute Gasteiger partial charge is 0.496 e. The number of aliphatic hydroxyl groups excluding tert-OH is 1. The van der Waals surface area contributed by atoms with Crippen LogP contribution in [0.25, 0.3) is 10.9 Å². The van der Waals surface area contributed by atoms with Crippen molar-refractivity contribution in [2.75, 3.05) is 13.7 Å². The molecule has 1 saturated heterocycles. The number of nitrogens with zero attached hydrogens (tertiary/aromatic N) is 1. The Morgan fingerprint density at radius 1 is 1.17 bits per heavy atom. The summed E-state index contributed by atoms with van der Waals surface area (Å²) in [6.07, 6.45) is 3.55. The number of Topliss-reactive ketones (excluding diaryl/α,β-unsaturated/α-hetero) is 2. The van der Waals surface area contributed by atoms with Gasteiger partial charge in [-0.15, -0.1) is 0 Å². The summed E-state index contributed by atoms with van der Waals surface area (Å²) in [6, 6.07) is 5.13. The van der Waals surface area contributed by atoms with Crippen LogP contribution in [0.15, 0.2) is 24.3 Å². The van der Waals surface area contributed by atoms with E-state index in [0.29, 0.717) is 18.0 Å². The standard InChI is InChI=1S/C30H36N4O7/c1-41-25-7-3-6-21-20(25)13-23(32-21)30(40)34-14-15-4-2-5-19(15)26(34)28(38)33-22(11-16-10-18(35)12-24(16)36)27(37)29(39)31-17-8-9-17/h3,6-7,13,15-19,22,26,32,35H,2,4-5,8-12,14H2,1H3,(H,31,39)(H,33,38). The summed E-state index contributed by atoms with van der Waals surface area (Å²) in [5, 5.41) is 16.2. The molecule has 1 aliphatic heterocycles. The first-order valence-electron chi connectivity index (χ1n) is 14.6. The molecule has 3 amide bonds. The molecule has 6 unspecified atom stereocenters. The number of carbonyl (C=O) groups is 5. The first-order chi connectivity index (χ1) is 19.7. The number of benzene rings is 1. The van der Waals surface area contributed by atoms with E-state index in [1.54, 1.807) is 18.1 Å². The van der Waals surface area contributed by atoms with Crippen molar-refractivity contribution in [3.63, 3.8) is 0 Å². The van der Waals surface area contributed by atoms with Gasteiger partial charge in [0.15, 0.2) is 0 Å². The van der Waals surface area contributed by atoms with E-state index in [0.717, 1.165) is 43.0 Å². The number of rotatable bonds is 9. The number of aliphatic hydroxyl groups is 1. The number of carbonyl (C=O) groups excluding carboxylic acids is 5. The summed E-state index contributed by atoms with van der Waals surface area (Å²) in [4.78, 5) is 71.0. The van der Waals surface area contributed by atoms with Crippen molar-refractivity contribution >= 4 is 40.2 Å². The molecule has 6 rings (SSSR count). The minimum absolute atomic E-state index is 0.00224. The fourth-order valence-electron chi connectivity index (χ4n) is 7.01. The average molecular weight is 565 g/mol. The minimum atomic E-state index is -1.23. The number of amides is 3. The average Bonchev–Trinajstić information content (AvgIpc) is 3.26. The molecule has 3 saturated carbocycles. The Morgan fingerprint density at radius 3 is 2.68 bits per heavy atom. The lowest BCUT2D eigenvalue weighted by atomic mass is 9.91. The van der Waals surface area contributed by atoms with Crippen molar-refractivity contribution in [3.8, 4) is 5.75 Å². The number of likely N-dealkylation sites (tertiary alicyclic amines) is 1. The van der Waals surface area contributed by atoms with E-state index in [4.69, 9.17) is 4.74 Å². The molecule has 1 aromatic heterocycles. The Bertz CT molecular complexity index is 1400. The van der Waals surface area contributed by atoms with Gasteiger partial charge in [0, 0.05) is 35.8 Å². The second-order valence-electron chi connectivity index (χ2n) is 12.0. The zero-order valence-corrected chi connectivity index (χ0v) is 23.1. The molecule has 6 atom stereocenters. The number of nitrogens with one attached hydrogen (secondary N) is 3. The maximum absolute atomic E-state index is 13.9. The maximum atomic E-state index is 13.9. The van der Waals surface area contributed by atoms with E-state index in [-0.39, 0.29) is 48.8 Å². The molecule has 4 aliphatic rings. The molecular formula is C30H36N4O7. The number of methoxy groups -OCH3 is 1. The molecule has 218 valence electrons. The normalized spacial score (nSPS) is 28.0. The van der Waals surface area contributed by atoms with Crippen molar-refractivity contribution in [2.45, 2.75) is 75.6 Å². The highest BCUT2D eigenvalue weighted by atomic mass is 16.5. The van der Waals surface area contributed by atoms with E-state index in [1.807, 2.05) is 18.2 Å². The van der Waals surface area contributed by atoms with Crippen LogP contribution < -0.4 is 15.4 Å². The quantitative estimate of drug-likeness (QED) is 0.336. The van der Waals surface area contributed by atoms with Gasteiger partial charge < -0.3 is 30.4 Å². The Morgan fingerprint density at radius 2 is 1.98 bits per heavy atom. The van der Waals surface area contributed by atoms with Gasteiger partial charge in [-0.3, -0.25) is 24.0 Å².